The van der Waals surface area contributed by atoms with Crippen molar-refractivity contribution in [3.63, 3.8) is 0 Å². The van der Waals surface area contributed by atoms with Gasteiger partial charge in [0.25, 0.3) is 0 Å². The van der Waals surface area contributed by atoms with Crippen LogP contribution >= 0.6 is 0 Å². The van der Waals surface area contributed by atoms with Crippen molar-refractivity contribution in [1.82, 2.24) is 5.32 Å². The third-order valence-electron chi connectivity index (χ3n) is 2.00. The summed E-state index contributed by atoms with van der Waals surface area (Å²) in [5.74, 6) is -0.102. The van der Waals surface area contributed by atoms with Gasteiger partial charge in [-0.25, -0.2) is 9.18 Å². The predicted molar refractivity (Wildman–Crippen MR) is 63.7 cm³/mol. The summed E-state index contributed by atoms with van der Waals surface area (Å²) in [5, 5.41) is 13.8. The fourth-order valence-electron chi connectivity index (χ4n) is 1.25. The van der Waals surface area contributed by atoms with E-state index in [1.807, 2.05) is 0 Å². The minimum absolute atomic E-state index is 0.0836. The maximum atomic E-state index is 13.0. The largest absolute Gasteiger partial charge is 0.478 e. The number of amides is 1. The molecule has 0 aliphatic heterocycles. The summed E-state index contributed by atoms with van der Waals surface area (Å²) in [6.45, 7) is 0.127. The van der Waals surface area contributed by atoms with Gasteiger partial charge in [0.2, 0.25) is 5.91 Å². The van der Waals surface area contributed by atoms with Gasteiger partial charge >= 0.3 is 5.97 Å². The highest BCUT2D eigenvalue weighted by atomic mass is 19.1. The highest BCUT2D eigenvalue weighted by Crippen LogP contribution is 2.17. The lowest BCUT2D eigenvalue weighted by atomic mass is 10.1. The Kier molecular flexibility index (Phi) is 4.84. The van der Waals surface area contributed by atoms with Gasteiger partial charge in [0.1, 0.15) is 5.82 Å². The third-order valence-corrected chi connectivity index (χ3v) is 2.00. The van der Waals surface area contributed by atoms with Gasteiger partial charge in [-0.1, -0.05) is 5.92 Å². The normalized spacial score (nSPS) is 9.56. The van der Waals surface area contributed by atoms with Crippen LogP contribution in [-0.2, 0) is 4.79 Å². The number of carbonyl (C=O) groups excluding carboxylic acids is 1. The van der Waals surface area contributed by atoms with Gasteiger partial charge in [-0.2, -0.15) is 0 Å². The first-order valence-corrected chi connectivity index (χ1v) is 5.01. The van der Waals surface area contributed by atoms with E-state index >= 15 is 0 Å². The molecular weight excluding hydrogens is 239 g/mol. The molecule has 0 aliphatic rings. The van der Waals surface area contributed by atoms with Gasteiger partial charge in [0.05, 0.1) is 24.3 Å². The standard InChI is InChI=1S/C12H11FN2O3/c1-2-5-14-7-11(16)15-10-6-8(13)3-4-9(10)12(17)18/h1,3-4,6,14H,5,7H2,(H,15,16)(H,17,18). The summed E-state index contributed by atoms with van der Waals surface area (Å²) < 4.78 is 13.0. The highest BCUT2D eigenvalue weighted by Gasteiger charge is 2.13. The summed E-state index contributed by atoms with van der Waals surface area (Å²) in [4.78, 5) is 22.3. The summed E-state index contributed by atoms with van der Waals surface area (Å²) in [5.41, 5.74) is -0.267. The number of hydrogen-bond acceptors (Lipinski definition) is 3. The zero-order valence-electron chi connectivity index (χ0n) is 9.37. The average Bonchev–Trinajstić information content (AvgIpc) is 2.29. The van der Waals surface area contributed by atoms with Crippen molar-refractivity contribution in [2.75, 3.05) is 18.4 Å². The van der Waals surface area contributed by atoms with Crippen LogP contribution in [0.1, 0.15) is 10.4 Å². The van der Waals surface area contributed by atoms with Crippen LogP contribution in [0.25, 0.3) is 0 Å². The molecule has 1 rings (SSSR count). The van der Waals surface area contributed by atoms with Crippen LogP contribution in [-0.4, -0.2) is 30.1 Å². The summed E-state index contributed by atoms with van der Waals surface area (Å²) >= 11 is 0. The predicted octanol–water partition coefficient (Wildman–Crippen LogP) is 0.685. The molecule has 0 unspecified atom stereocenters. The zero-order chi connectivity index (χ0) is 13.5. The van der Waals surface area contributed by atoms with Gasteiger partial charge in [0, 0.05) is 0 Å². The molecule has 0 aromatic heterocycles. The topological polar surface area (TPSA) is 78.4 Å². The van der Waals surface area contributed by atoms with Crippen LogP contribution in [0.2, 0.25) is 0 Å². The van der Waals surface area contributed by atoms with Crippen LogP contribution in [0.3, 0.4) is 0 Å². The first-order chi connectivity index (χ1) is 8.54. The van der Waals surface area contributed by atoms with E-state index in [2.05, 4.69) is 16.6 Å². The first-order valence-electron chi connectivity index (χ1n) is 5.01. The number of carboxylic acids is 1. The molecule has 1 aromatic carbocycles. The van der Waals surface area contributed by atoms with Crippen molar-refractivity contribution in [2.45, 2.75) is 0 Å². The number of hydrogen-bond donors (Lipinski definition) is 3. The summed E-state index contributed by atoms with van der Waals surface area (Å²) in [6.07, 6.45) is 4.98. The fourth-order valence-corrected chi connectivity index (χ4v) is 1.25. The summed E-state index contributed by atoms with van der Waals surface area (Å²) in [7, 11) is 0. The van der Waals surface area contributed by atoms with Gasteiger partial charge < -0.3 is 10.4 Å². The molecule has 0 heterocycles. The van der Waals surface area contributed by atoms with E-state index in [-0.39, 0.29) is 24.3 Å². The SMILES string of the molecule is C#CCNCC(=O)Nc1cc(F)ccc1C(=O)O. The molecule has 0 radical (unpaired) electrons. The van der Waals surface area contributed by atoms with Crippen LogP contribution in [0.15, 0.2) is 18.2 Å². The molecule has 0 spiro atoms. The van der Waals surface area contributed by atoms with Crippen molar-refractivity contribution < 1.29 is 19.1 Å². The number of terminal acetylenes is 1. The molecule has 0 saturated heterocycles. The lowest BCUT2D eigenvalue weighted by Crippen LogP contribution is -2.28. The molecule has 0 bridgehead atoms. The van der Waals surface area contributed by atoms with Crippen LogP contribution in [0.4, 0.5) is 10.1 Å². The monoisotopic (exact) mass is 250 g/mol. The molecule has 1 aromatic rings. The molecule has 1 amide bonds. The lowest BCUT2D eigenvalue weighted by Gasteiger charge is -2.08. The molecular formula is C12H11FN2O3. The minimum Gasteiger partial charge on any atom is -0.478 e. The second kappa shape index (κ2) is 6.37. The number of benzene rings is 1. The molecule has 3 N–H and O–H groups in total. The highest BCUT2D eigenvalue weighted by molar-refractivity contribution is 6.01. The van der Waals surface area contributed by atoms with Crippen LogP contribution in [0, 0.1) is 18.2 Å². The number of carboxylic acid groups (broad SMARTS) is 1. The molecule has 6 heteroatoms. The van der Waals surface area contributed by atoms with Gasteiger partial charge in [-0.15, -0.1) is 6.42 Å². The van der Waals surface area contributed by atoms with Crippen molar-refractivity contribution in [3.8, 4) is 12.3 Å². The molecule has 0 fully saturated rings. The molecule has 94 valence electrons. The quantitative estimate of drug-likeness (QED) is 0.530. The fraction of sp³-hybridized carbons (Fsp3) is 0.167. The van der Waals surface area contributed by atoms with E-state index < -0.39 is 17.7 Å². The number of nitrogens with one attached hydrogen (secondary N) is 2. The lowest BCUT2D eigenvalue weighted by molar-refractivity contribution is -0.115. The number of aromatic carboxylic acids is 1. The molecule has 0 saturated carbocycles. The second-order valence-electron chi connectivity index (χ2n) is 3.35. The van der Waals surface area contributed by atoms with Gasteiger partial charge in [-0.3, -0.25) is 10.1 Å². The maximum absolute atomic E-state index is 13.0. The van der Waals surface area contributed by atoms with E-state index in [0.717, 1.165) is 18.2 Å². The number of carbonyl (C=O) groups is 2. The molecule has 5 nitrogen and oxygen atoms in total. The number of halogens is 1. The van der Waals surface area contributed by atoms with E-state index in [9.17, 15) is 14.0 Å². The maximum Gasteiger partial charge on any atom is 0.337 e. The third kappa shape index (κ3) is 3.88. The zero-order valence-corrected chi connectivity index (χ0v) is 9.37. The Hall–Kier alpha value is -2.39. The second-order valence-corrected chi connectivity index (χ2v) is 3.35. The Morgan fingerprint density at radius 2 is 2.17 bits per heavy atom. The van der Waals surface area contributed by atoms with E-state index in [1.54, 1.807) is 0 Å². The molecule has 18 heavy (non-hydrogen) atoms. The Morgan fingerprint density at radius 3 is 2.78 bits per heavy atom. The molecule has 0 atom stereocenters. The van der Waals surface area contributed by atoms with Crippen molar-refractivity contribution >= 4 is 17.6 Å². The Labute approximate surface area is 103 Å². The first kappa shape index (κ1) is 13.7. The van der Waals surface area contributed by atoms with Crippen LogP contribution < -0.4 is 10.6 Å². The van der Waals surface area contributed by atoms with E-state index in [0.29, 0.717) is 0 Å². The van der Waals surface area contributed by atoms with Gasteiger partial charge in [0.15, 0.2) is 0 Å². The van der Waals surface area contributed by atoms with Crippen molar-refractivity contribution in [3.05, 3.63) is 29.6 Å². The smallest absolute Gasteiger partial charge is 0.337 e. The van der Waals surface area contributed by atoms with Gasteiger partial charge in [-0.05, 0) is 18.2 Å². The van der Waals surface area contributed by atoms with Crippen molar-refractivity contribution in [2.24, 2.45) is 0 Å². The van der Waals surface area contributed by atoms with E-state index in [1.165, 1.54) is 0 Å². The Morgan fingerprint density at radius 1 is 1.44 bits per heavy atom. The average molecular weight is 250 g/mol. The Balaban J connectivity index is 2.77. The minimum atomic E-state index is -1.25. The Bertz CT molecular complexity index is 509. The van der Waals surface area contributed by atoms with E-state index in [4.69, 9.17) is 11.5 Å². The molecule has 0 aliphatic carbocycles. The number of anilines is 1. The summed E-state index contributed by atoms with van der Waals surface area (Å²) in [6, 6.07) is 3.04. The van der Waals surface area contributed by atoms with Crippen molar-refractivity contribution in [1.29, 1.82) is 0 Å². The number of rotatable bonds is 5. The van der Waals surface area contributed by atoms with Crippen LogP contribution in [0.5, 0.6) is 0 Å².